The van der Waals surface area contributed by atoms with E-state index < -0.39 is 17.5 Å². The third kappa shape index (κ3) is 5.35. The maximum absolute atomic E-state index is 16.0. The van der Waals surface area contributed by atoms with Crippen LogP contribution in [-0.4, -0.2) is 55.8 Å². The molecule has 0 saturated heterocycles. The van der Waals surface area contributed by atoms with Crippen molar-refractivity contribution in [1.29, 1.82) is 0 Å². The number of benzene rings is 1. The number of halogens is 1. The van der Waals surface area contributed by atoms with E-state index in [0.29, 0.717) is 34.5 Å². The number of hydrogen-bond donors (Lipinski definition) is 2. The van der Waals surface area contributed by atoms with Gasteiger partial charge in [0.25, 0.3) is 0 Å². The molecule has 206 valence electrons. The molecule has 2 N–H and O–H groups in total. The molecule has 11 heteroatoms. The average Bonchev–Trinajstić information content (AvgIpc) is 3.22. The van der Waals surface area contributed by atoms with E-state index >= 15 is 4.39 Å². The van der Waals surface area contributed by atoms with Crippen LogP contribution in [-0.2, 0) is 16.1 Å². The Kier molecular flexibility index (Phi) is 6.74. The molecule has 0 fully saturated rings. The van der Waals surface area contributed by atoms with Crippen LogP contribution in [0, 0.1) is 12.7 Å². The smallest absolute Gasteiger partial charge is 0.412 e. The molecule has 10 nitrogen and oxygen atoms in total. The van der Waals surface area contributed by atoms with Gasteiger partial charge < -0.3 is 15.0 Å². The number of anilines is 3. The lowest BCUT2D eigenvalue weighted by Gasteiger charge is -2.21. The summed E-state index contributed by atoms with van der Waals surface area (Å²) in [5.41, 5.74) is 2.39. The zero-order chi connectivity index (χ0) is 28.8. The Bertz CT molecular complexity index is 1670. The monoisotopic (exact) mass is 543 g/mol. The molecule has 5 rings (SSSR count). The average molecular weight is 544 g/mol. The van der Waals surface area contributed by atoms with E-state index in [0.717, 1.165) is 16.8 Å². The molecule has 0 unspecified atom stereocenters. The van der Waals surface area contributed by atoms with E-state index in [1.807, 2.05) is 13.0 Å². The van der Waals surface area contributed by atoms with Crippen molar-refractivity contribution in [3.8, 4) is 11.1 Å². The fourth-order valence-corrected chi connectivity index (χ4v) is 4.53. The van der Waals surface area contributed by atoms with Gasteiger partial charge in [-0.2, -0.15) is 5.10 Å². The lowest BCUT2D eigenvalue weighted by molar-refractivity contribution is -0.129. The molecule has 0 spiro atoms. The summed E-state index contributed by atoms with van der Waals surface area (Å²) in [7, 11) is 1.73. The molecule has 1 aromatic carbocycles. The lowest BCUT2D eigenvalue weighted by Crippen LogP contribution is -2.28. The molecule has 1 aliphatic rings. The minimum atomic E-state index is -0.783. The van der Waals surface area contributed by atoms with Crippen LogP contribution in [0.5, 0.6) is 0 Å². The predicted molar refractivity (Wildman–Crippen MR) is 152 cm³/mol. The molecule has 40 heavy (non-hydrogen) atoms. The standard InChI is InChI=1S/C29H30FN7O3/c1-16-7-8-31-12-20(16)19-9-18-10-23(32-13-21(18)27(26(19)30)34-28(39)40-29(3,4)5)33-24-11-22-17(2)14-36(6)25(38)15-37(22)35-24/h7-13H,2,14-15H2,1,3-6H3,(H,34,39)(H,32,33,35). The van der Waals surface area contributed by atoms with E-state index in [-0.39, 0.29) is 23.7 Å². The number of rotatable bonds is 4. The summed E-state index contributed by atoms with van der Waals surface area (Å²) >= 11 is 0. The van der Waals surface area contributed by atoms with Gasteiger partial charge in [-0.3, -0.25) is 19.8 Å². The van der Waals surface area contributed by atoms with Gasteiger partial charge in [-0.05, 0) is 62.4 Å². The van der Waals surface area contributed by atoms with Crippen LogP contribution in [0.1, 0.15) is 32.0 Å². The second-order valence-electron chi connectivity index (χ2n) is 10.8. The number of hydrogen-bond acceptors (Lipinski definition) is 7. The minimum Gasteiger partial charge on any atom is -0.444 e. The van der Waals surface area contributed by atoms with Crippen LogP contribution < -0.4 is 10.6 Å². The van der Waals surface area contributed by atoms with Crippen molar-refractivity contribution in [3.63, 3.8) is 0 Å². The van der Waals surface area contributed by atoms with Crippen LogP contribution in [0.25, 0.3) is 27.5 Å². The van der Waals surface area contributed by atoms with Gasteiger partial charge in [0.05, 0.1) is 11.4 Å². The molecular weight excluding hydrogens is 513 g/mol. The van der Waals surface area contributed by atoms with Crippen molar-refractivity contribution >= 4 is 45.7 Å². The van der Waals surface area contributed by atoms with E-state index in [1.165, 1.54) is 6.20 Å². The summed E-state index contributed by atoms with van der Waals surface area (Å²) in [4.78, 5) is 35.2. The molecule has 0 radical (unpaired) electrons. The summed E-state index contributed by atoms with van der Waals surface area (Å²) in [6.07, 6.45) is 3.91. The summed E-state index contributed by atoms with van der Waals surface area (Å²) in [5.74, 6) is 0.239. The molecular formula is C29H30FN7O3. The topological polar surface area (TPSA) is 114 Å². The van der Waals surface area contributed by atoms with Crippen molar-refractivity contribution in [2.24, 2.45) is 0 Å². The first-order valence-corrected chi connectivity index (χ1v) is 12.7. The van der Waals surface area contributed by atoms with Gasteiger partial charge in [0.15, 0.2) is 11.6 Å². The third-order valence-electron chi connectivity index (χ3n) is 6.45. The van der Waals surface area contributed by atoms with Gasteiger partial charge in [0.1, 0.15) is 18.0 Å². The van der Waals surface area contributed by atoms with Crippen LogP contribution >= 0.6 is 0 Å². The molecule has 0 atom stereocenters. The molecule has 0 aliphatic carbocycles. The number of amides is 2. The van der Waals surface area contributed by atoms with Crippen LogP contribution in [0.15, 0.2) is 49.4 Å². The Morgan fingerprint density at radius 1 is 1.12 bits per heavy atom. The van der Waals surface area contributed by atoms with Gasteiger partial charge in [-0.25, -0.2) is 14.2 Å². The third-order valence-corrected chi connectivity index (χ3v) is 6.45. The number of carbonyl (C=O) groups excluding carboxylic acids is 2. The molecule has 1 aliphatic heterocycles. The molecule has 3 aromatic heterocycles. The van der Waals surface area contributed by atoms with Gasteiger partial charge in [0.2, 0.25) is 5.91 Å². The maximum atomic E-state index is 16.0. The second-order valence-corrected chi connectivity index (χ2v) is 10.8. The van der Waals surface area contributed by atoms with Crippen LogP contribution in [0.4, 0.5) is 26.5 Å². The number of aromatic nitrogens is 4. The number of fused-ring (bicyclic) bond motifs is 2. The SMILES string of the molecule is C=C1CN(C)C(=O)Cn2nc(Nc3cc4cc(-c5cnccc5C)c(F)c(NC(=O)OC(C)(C)C)c4cn3)cc21. The Morgan fingerprint density at radius 3 is 2.62 bits per heavy atom. The van der Waals surface area contributed by atoms with Gasteiger partial charge in [0, 0.05) is 54.8 Å². The number of pyridine rings is 2. The Hall–Kier alpha value is -4.80. The number of likely N-dealkylation sites (N-methyl/N-ethyl adjacent to an activating group) is 1. The number of nitrogens with one attached hydrogen (secondary N) is 2. The van der Waals surface area contributed by atoms with E-state index in [4.69, 9.17) is 4.74 Å². The summed E-state index contributed by atoms with van der Waals surface area (Å²) in [6.45, 7) is 11.7. The molecule has 2 amide bonds. The quantitative estimate of drug-likeness (QED) is 0.349. The predicted octanol–water partition coefficient (Wildman–Crippen LogP) is 5.52. The highest BCUT2D eigenvalue weighted by Gasteiger charge is 2.24. The Balaban J connectivity index is 1.56. The first kappa shape index (κ1) is 26.8. The zero-order valence-electron chi connectivity index (χ0n) is 23.0. The lowest BCUT2D eigenvalue weighted by atomic mass is 9.98. The first-order chi connectivity index (χ1) is 18.9. The Morgan fingerprint density at radius 2 is 1.90 bits per heavy atom. The summed E-state index contributed by atoms with van der Waals surface area (Å²) < 4.78 is 23.0. The van der Waals surface area contributed by atoms with Crippen molar-refractivity contribution in [2.45, 2.75) is 39.8 Å². The molecule has 0 bridgehead atoms. The van der Waals surface area contributed by atoms with E-state index in [1.54, 1.807) is 68.0 Å². The molecule has 4 aromatic rings. The normalized spacial score (nSPS) is 13.7. The van der Waals surface area contributed by atoms with Gasteiger partial charge in [-0.1, -0.05) is 6.58 Å². The fraction of sp³-hybridized carbons (Fsp3) is 0.276. The number of nitrogens with zero attached hydrogens (tertiary/aromatic N) is 5. The highest BCUT2D eigenvalue weighted by Crippen LogP contribution is 2.37. The highest BCUT2D eigenvalue weighted by molar-refractivity contribution is 6.04. The fourth-order valence-electron chi connectivity index (χ4n) is 4.53. The van der Waals surface area contributed by atoms with Crippen molar-refractivity contribution in [1.82, 2.24) is 24.6 Å². The number of carbonyl (C=O) groups is 2. The molecule has 0 saturated carbocycles. The van der Waals surface area contributed by atoms with Gasteiger partial charge >= 0.3 is 6.09 Å². The van der Waals surface area contributed by atoms with Gasteiger partial charge in [-0.15, -0.1) is 0 Å². The molecule has 4 heterocycles. The Labute approximate surface area is 230 Å². The number of aryl methyl sites for hydroxylation is 1. The van der Waals surface area contributed by atoms with E-state index in [2.05, 4.69) is 32.3 Å². The second kappa shape index (κ2) is 10.1. The van der Waals surface area contributed by atoms with Crippen molar-refractivity contribution in [3.05, 3.63) is 66.5 Å². The maximum Gasteiger partial charge on any atom is 0.412 e. The largest absolute Gasteiger partial charge is 0.444 e. The van der Waals surface area contributed by atoms with Crippen LogP contribution in [0.2, 0.25) is 0 Å². The summed E-state index contributed by atoms with van der Waals surface area (Å²) in [5, 5.41) is 11.3. The zero-order valence-corrected chi connectivity index (χ0v) is 23.0. The van der Waals surface area contributed by atoms with E-state index in [9.17, 15) is 9.59 Å². The number of ether oxygens (including phenoxy) is 1. The minimum absolute atomic E-state index is 0.0447. The summed E-state index contributed by atoms with van der Waals surface area (Å²) in [6, 6.07) is 7.03. The first-order valence-electron chi connectivity index (χ1n) is 12.7. The van der Waals surface area contributed by atoms with Crippen molar-refractivity contribution < 1.29 is 18.7 Å². The van der Waals surface area contributed by atoms with Crippen LogP contribution in [0.3, 0.4) is 0 Å². The van der Waals surface area contributed by atoms with Crippen molar-refractivity contribution in [2.75, 3.05) is 24.2 Å². The highest BCUT2D eigenvalue weighted by atomic mass is 19.1.